The van der Waals surface area contributed by atoms with Gasteiger partial charge in [-0.3, -0.25) is 4.79 Å². The highest BCUT2D eigenvalue weighted by atomic mass is 35.5. The summed E-state index contributed by atoms with van der Waals surface area (Å²) < 4.78 is 46.1. The van der Waals surface area contributed by atoms with E-state index in [9.17, 15) is 17.6 Å². The maximum atomic E-state index is 13.4. The number of oxazole rings is 1. The minimum atomic E-state index is -4.09. The summed E-state index contributed by atoms with van der Waals surface area (Å²) in [5, 5.41) is 0.200. The predicted octanol–water partition coefficient (Wildman–Crippen LogP) is 4.03. The van der Waals surface area contributed by atoms with Crippen molar-refractivity contribution in [3.05, 3.63) is 59.4 Å². The van der Waals surface area contributed by atoms with Gasteiger partial charge in [0.1, 0.15) is 5.82 Å². The van der Waals surface area contributed by atoms with Gasteiger partial charge in [0.2, 0.25) is 32.5 Å². The minimum absolute atomic E-state index is 0.0426. The first-order valence-electron chi connectivity index (χ1n) is 10.1. The fraction of sp³-hybridized carbons (Fsp3) is 0.273. The summed E-state index contributed by atoms with van der Waals surface area (Å²) in [7, 11) is -4.09. The molecule has 0 unspecified atom stereocenters. The number of aromatic nitrogens is 1. The van der Waals surface area contributed by atoms with Gasteiger partial charge in [0.05, 0.1) is 4.90 Å². The van der Waals surface area contributed by atoms with Gasteiger partial charge in [-0.2, -0.15) is 4.98 Å². The summed E-state index contributed by atoms with van der Waals surface area (Å²) in [4.78, 5) is 19.7. The Balaban J connectivity index is 1.76. The van der Waals surface area contributed by atoms with E-state index in [0.717, 1.165) is 12.1 Å². The Kier molecular flexibility index (Phi) is 6.21. The molecule has 1 aliphatic rings. The van der Waals surface area contributed by atoms with Gasteiger partial charge >= 0.3 is 0 Å². The molecule has 1 saturated heterocycles. The molecule has 32 heavy (non-hydrogen) atoms. The first kappa shape index (κ1) is 22.3. The molecule has 4 rings (SSSR count). The minimum Gasteiger partial charge on any atom is -0.419 e. The molecule has 0 saturated carbocycles. The third-order valence-corrected chi connectivity index (χ3v) is 7.15. The molecule has 0 bridgehead atoms. The molecule has 0 atom stereocenters. The van der Waals surface area contributed by atoms with Crippen LogP contribution in [0.4, 0.5) is 10.3 Å². The number of amides is 1. The Morgan fingerprint density at radius 2 is 1.81 bits per heavy atom. The van der Waals surface area contributed by atoms with Crippen LogP contribution in [0.1, 0.15) is 13.3 Å². The van der Waals surface area contributed by atoms with Crippen LogP contribution < -0.4 is 4.90 Å². The zero-order valence-corrected chi connectivity index (χ0v) is 18.9. The van der Waals surface area contributed by atoms with Crippen molar-refractivity contribution in [2.24, 2.45) is 0 Å². The molecule has 10 heteroatoms. The second-order valence-electron chi connectivity index (χ2n) is 7.32. The van der Waals surface area contributed by atoms with Gasteiger partial charge in [0, 0.05) is 43.2 Å². The Labute approximate surface area is 190 Å². The van der Waals surface area contributed by atoms with E-state index in [-0.39, 0.29) is 27.6 Å². The van der Waals surface area contributed by atoms with Gasteiger partial charge in [-0.05, 0) is 42.5 Å². The highest BCUT2D eigenvalue weighted by Gasteiger charge is 2.33. The number of carbonyl (C=O) groups is 1. The SMILES string of the molecule is CCC(=O)N1CCN(c2oc(-c3cccc(Cl)c3)nc2S(=O)(=O)c2ccc(F)cc2)CC1. The lowest BCUT2D eigenvalue weighted by Crippen LogP contribution is -2.48. The Bertz CT molecular complexity index is 1240. The maximum absolute atomic E-state index is 13.4. The fourth-order valence-electron chi connectivity index (χ4n) is 3.53. The van der Waals surface area contributed by atoms with E-state index in [4.69, 9.17) is 16.0 Å². The van der Waals surface area contributed by atoms with Crippen molar-refractivity contribution in [3.8, 4) is 11.5 Å². The average molecular weight is 478 g/mol. The van der Waals surface area contributed by atoms with E-state index in [2.05, 4.69) is 4.98 Å². The summed E-state index contributed by atoms with van der Waals surface area (Å²) >= 11 is 6.08. The van der Waals surface area contributed by atoms with Crippen molar-refractivity contribution in [1.82, 2.24) is 9.88 Å². The Hall–Kier alpha value is -2.91. The van der Waals surface area contributed by atoms with Crippen LogP contribution in [0.3, 0.4) is 0 Å². The highest BCUT2D eigenvalue weighted by Crippen LogP contribution is 2.35. The number of carbonyl (C=O) groups excluding carboxylic acids is 1. The van der Waals surface area contributed by atoms with E-state index in [1.807, 2.05) is 0 Å². The molecule has 2 heterocycles. The smallest absolute Gasteiger partial charge is 0.236 e. The number of nitrogens with zero attached hydrogens (tertiary/aromatic N) is 3. The van der Waals surface area contributed by atoms with Gasteiger partial charge in [0.15, 0.2) is 0 Å². The summed E-state index contributed by atoms with van der Waals surface area (Å²) in [5.74, 6) is -0.301. The molecule has 1 aliphatic heterocycles. The Morgan fingerprint density at radius 1 is 1.12 bits per heavy atom. The average Bonchev–Trinajstić information content (AvgIpc) is 3.25. The summed E-state index contributed by atoms with van der Waals surface area (Å²) in [6.07, 6.45) is 0.408. The number of benzene rings is 2. The Morgan fingerprint density at radius 3 is 2.44 bits per heavy atom. The first-order valence-corrected chi connectivity index (χ1v) is 12.0. The lowest BCUT2D eigenvalue weighted by atomic mass is 10.2. The lowest BCUT2D eigenvalue weighted by Gasteiger charge is -2.34. The van der Waals surface area contributed by atoms with Crippen molar-refractivity contribution in [2.45, 2.75) is 23.3 Å². The van der Waals surface area contributed by atoms with Crippen LogP contribution >= 0.6 is 11.6 Å². The van der Waals surface area contributed by atoms with Crippen molar-refractivity contribution in [3.63, 3.8) is 0 Å². The summed E-state index contributed by atoms with van der Waals surface area (Å²) in [6.45, 7) is 3.46. The van der Waals surface area contributed by atoms with Gasteiger partial charge < -0.3 is 14.2 Å². The van der Waals surface area contributed by atoms with Crippen molar-refractivity contribution in [1.29, 1.82) is 0 Å². The normalized spacial score (nSPS) is 14.6. The van der Waals surface area contributed by atoms with Crippen LogP contribution in [-0.4, -0.2) is 50.4 Å². The predicted molar refractivity (Wildman–Crippen MR) is 118 cm³/mol. The summed E-state index contributed by atoms with van der Waals surface area (Å²) in [6, 6.07) is 11.3. The van der Waals surface area contributed by atoms with E-state index in [0.29, 0.717) is 43.2 Å². The first-order chi connectivity index (χ1) is 15.3. The number of anilines is 1. The van der Waals surface area contributed by atoms with Crippen LogP contribution in [0.15, 0.2) is 62.9 Å². The lowest BCUT2D eigenvalue weighted by molar-refractivity contribution is -0.131. The number of hydrogen-bond donors (Lipinski definition) is 0. The second kappa shape index (κ2) is 8.91. The number of halogens is 2. The molecular weight excluding hydrogens is 457 g/mol. The molecule has 7 nitrogen and oxygen atoms in total. The zero-order chi connectivity index (χ0) is 22.9. The molecule has 0 N–H and O–H groups in total. The molecule has 0 spiro atoms. The maximum Gasteiger partial charge on any atom is 0.236 e. The zero-order valence-electron chi connectivity index (χ0n) is 17.3. The van der Waals surface area contributed by atoms with Crippen LogP contribution in [0.5, 0.6) is 0 Å². The second-order valence-corrected chi connectivity index (χ2v) is 9.62. The molecule has 0 aliphatic carbocycles. The largest absolute Gasteiger partial charge is 0.419 e. The molecule has 0 radical (unpaired) electrons. The van der Waals surface area contributed by atoms with Crippen LogP contribution in [-0.2, 0) is 14.6 Å². The van der Waals surface area contributed by atoms with E-state index < -0.39 is 15.7 Å². The fourth-order valence-corrected chi connectivity index (χ4v) is 5.04. The van der Waals surface area contributed by atoms with Gasteiger partial charge in [-0.1, -0.05) is 24.6 Å². The monoisotopic (exact) mass is 477 g/mol. The topological polar surface area (TPSA) is 83.7 Å². The molecule has 1 aromatic heterocycles. The third kappa shape index (κ3) is 4.35. The molecule has 1 fully saturated rings. The van der Waals surface area contributed by atoms with Gasteiger partial charge in [-0.15, -0.1) is 0 Å². The van der Waals surface area contributed by atoms with Crippen molar-refractivity contribution < 1.29 is 22.0 Å². The number of piperazine rings is 1. The number of sulfone groups is 1. The molecule has 1 amide bonds. The molecule has 168 valence electrons. The number of hydrogen-bond acceptors (Lipinski definition) is 6. The summed E-state index contributed by atoms with van der Waals surface area (Å²) in [5.41, 5.74) is 0.527. The quantitative estimate of drug-likeness (QED) is 0.516. The molecular formula is C22H21ClFN3O4S. The molecule has 3 aromatic rings. The van der Waals surface area contributed by atoms with Crippen molar-refractivity contribution >= 4 is 33.2 Å². The third-order valence-electron chi connectivity index (χ3n) is 5.25. The standard InChI is InChI=1S/C22H21ClFN3O4S/c1-2-19(28)26-10-12-27(13-11-26)22-21(32(29,30)18-8-6-17(24)7-9-18)25-20(31-22)15-4-3-5-16(23)14-15/h3-9,14H,2,10-13H2,1H3. The van der Waals surface area contributed by atoms with E-state index in [1.54, 1.807) is 41.0 Å². The van der Waals surface area contributed by atoms with Crippen LogP contribution in [0.25, 0.3) is 11.5 Å². The van der Waals surface area contributed by atoms with E-state index in [1.165, 1.54) is 12.1 Å². The van der Waals surface area contributed by atoms with Crippen molar-refractivity contribution in [2.75, 3.05) is 31.1 Å². The highest BCUT2D eigenvalue weighted by molar-refractivity contribution is 7.91. The number of rotatable bonds is 5. The van der Waals surface area contributed by atoms with Crippen LogP contribution in [0, 0.1) is 5.82 Å². The van der Waals surface area contributed by atoms with E-state index >= 15 is 0 Å². The van der Waals surface area contributed by atoms with Gasteiger partial charge in [-0.25, -0.2) is 12.8 Å². The molecule has 2 aromatic carbocycles. The van der Waals surface area contributed by atoms with Crippen LogP contribution in [0.2, 0.25) is 5.02 Å². The van der Waals surface area contributed by atoms with Gasteiger partial charge in [0.25, 0.3) is 0 Å².